The molecule has 1 atom stereocenters. The fourth-order valence-electron chi connectivity index (χ4n) is 4.15. The summed E-state index contributed by atoms with van der Waals surface area (Å²) in [7, 11) is 0. The molecule has 2 aromatic carbocycles. The molecule has 1 aliphatic heterocycles. The van der Waals surface area contributed by atoms with E-state index in [1.807, 2.05) is 38.1 Å². The molecule has 0 saturated carbocycles. The molecular formula is C25H27N3O2. The highest BCUT2D eigenvalue weighted by molar-refractivity contribution is 5.80. The average molecular weight is 402 g/mol. The first kappa shape index (κ1) is 20.2. The summed E-state index contributed by atoms with van der Waals surface area (Å²) < 4.78 is 5.46. The summed E-state index contributed by atoms with van der Waals surface area (Å²) in [5.74, 6) is 0. The zero-order chi connectivity index (χ0) is 21.1. The van der Waals surface area contributed by atoms with Crippen LogP contribution < -0.4 is 10.5 Å². The van der Waals surface area contributed by atoms with Crippen LogP contribution in [0.2, 0.25) is 0 Å². The van der Waals surface area contributed by atoms with Crippen LogP contribution in [-0.4, -0.2) is 31.3 Å². The van der Waals surface area contributed by atoms with E-state index in [0.717, 1.165) is 53.9 Å². The lowest BCUT2D eigenvalue weighted by Gasteiger charge is -2.29. The molecular weight excluding hydrogens is 374 g/mol. The van der Waals surface area contributed by atoms with E-state index in [1.54, 1.807) is 0 Å². The number of rotatable bonds is 5. The maximum atomic E-state index is 12.2. The number of nitrogens with one attached hydrogen (secondary N) is 1. The third-order valence-corrected chi connectivity index (χ3v) is 6.03. The monoisotopic (exact) mass is 401 g/mol. The minimum atomic E-state index is -0.696. The summed E-state index contributed by atoms with van der Waals surface area (Å²) in [5.41, 5.74) is 4.01. The van der Waals surface area contributed by atoms with E-state index in [9.17, 15) is 10.1 Å². The standard InChI is InChI=1S/C25H27N3O2/c1-3-19-14-20-7-8-21(15-23(20)27-24(19)29)25(2,17-26)16-18-5-4-6-22(13-18)28-9-11-30-12-10-28/h4-8,13-15H,3,9-12,16H2,1-2H3,(H,27,29). The molecule has 0 spiro atoms. The molecule has 5 heteroatoms. The Hall–Kier alpha value is -3.10. The molecule has 2 heterocycles. The lowest BCUT2D eigenvalue weighted by molar-refractivity contribution is 0.122. The van der Waals surface area contributed by atoms with Crippen LogP contribution in [0.15, 0.2) is 53.3 Å². The summed E-state index contributed by atoms with van der Waals surface area (Å²) in [6, 6.07) is 18.8. The van der Waals surface area contributed by atoms with Crippen molar-refractivity contribution in [1.82, 2.24) is 4.98 Å². The second-order valence-corrected chi connectivity index (χ2v) is 8.17. The van der Waals surface area contributed by atoms with Gasteiger partial charge in [0.15, 0.2) is 0 Å². The normalized spacial score (nSPS) is 16.2. The first-order chi connectivity index (χ1) is 14.5. The Morgan fingerprint density at radius 2 is 1.97 bits per heavy atom. The maximum Gasteiger partial charge on any atom is 0.251 e. The summed E-state index contributed by atoms with van der Waals surface area (Å²) in [6.07, 6.45) is 1.30. The van der Waals surface area contributed by atoms with Crippen LogP contribution in [0, 0.1) is 11.3 Å². The quantitative estimate of drug-likeness (QED) is 0.703. The van der Waals surface area contributed by atoms with E-state index in [1.165, 1.54) is 5.69 Å². The van der Waals surface area contributed by atoms with Gasteiger partial charge in [0.05, 0.1) is 24.7 Å². The molecule has 154 valence electrons. The topological polar surface area (TPSA) is 69.1 Å². The molecule has 1 unspecified atom stereocenters. The Morgan fingerprint density at radius 1 is 1.17 bits per heavy atom. The average Bonchev–Trinajstić information content (AvgIpc) is 2.79. The maximum absolute atomic E-state index is 12.2. The number of hydrogen-bond donors (Lipinski definition) is 1. The molecule has 0 radical (unpaired) electrons. The summed E-state index contributed by atoms with van der Waals surface area (Å²) in [5, 5.41) is 11.1. The second-order valence-electron chi connectivity index (χ2n) is 8.17. The van der Waals surface area contributed by atoms with Crippen molar-refractivity contribution < 1.29 is 4.74 Å². The minimum absolute atomic E-state index is 0.0565. The van der Waals surface area contributed by atoms with Gasteiger partial charge in [0.2, 0.25) is 0 Å². The predicted molar refractivity (Wildman–Crippen MR) is 120 cm³/mol. The SMILES string of the molecule is CCc1cc2ccc(C(C)(C#N)Cc3cccc(N4CCOCC4)c3)cc2[nH]c1=O. The molecule has 0 bridgehead atoms. The van der Waals surface area contributed by atoms with Crippen molar-refractivity contribution >= 4 is 16.6 Å². The van der Waals surface area contributed by atoms with Gasteiger partial charge in [0, 0.05) is 29.9 Å². The van der Waals surface area contributed by atoms with Crippen LogP contribution in [0.25, 0.3) is 10.9 Å². The lowest BCUT2D eigenvalue weighted by Crippen LogP contribution is -2.36. The molecule has 30 heavy (non-hydrogen) atoms. The number of ether oxygens (including phenoxy) is 1. The smallest absolute Gasteiger partial charge is 0.251 e. The van der Waals surface area contributed by atoms with Crippen molar-refractivity contribution in [2.75, 3.05) is 31.2 Å². The molecule has 3 aromatic rings. The highest BCUT2D eigenvalue weighted by Gasteiger charge is 2.28. The van der Waals surface area contributed by atoms with Crippen LogP contribution >= 0.6 is 0 Å². The van der Waals surface area contributed by atoms with Crippen molar-refractivity contribution in [1.29, 1.82) is 5.26 Å². The molecule has 1 aromatic heterocycles. The van der Waals surface area contributed by atoms with Crippen molar-refractivity contribution in [2.24, 2.45) is 0 Å². The number of aromatic nitrogens is 1. The second kappa shape index (κ2) is 8.33. The Morgan fingerprint density at radius 3 is 2.70 bits per heavy atom. The van der Waals surface area contributed by atoms with Gasteiger partial charge in [-0.2, -0.15) is 5.26 Å². The minimum Gasteiger partial charge on any atom is -0.378 e. The van der Waals surface area contributed by atoms with Crippen molar-refractivity contribution in [3.8, 4) is 6.07 Å². The van der Waals surface area contributed by atoms with Gasteiger partial charge in [-0.3, -0.25) is 4.79 Å². The van der Waals surface area contributed by atoms with Gasteiger partial charge >= 0.3 is 0 Å². The van der Waals surface area contributed by atoms with Gasteiger partial charge in [0.1, 0.15) is 0 Å². The predicted octanol–water partition coefficient (Wildman–Crippen LogP) is 3.95. The van der Waals surface area contributed by atoms with Crippen LogP contribution in [0.5, 0.6) is 0 Å². The molecule has 1 saturated heterocycles. The number of pyridine rings is 1. The van der Waals surface area contributed by atoms with Gasteiger partial charge < -0.3 is 14.6 Å². The number of aromatic amines is 1. The van der Waals surface area contributed by atoms with Gasteiger partial charge in [-0.15, -0.1) is 0 Å². The van der Waals surface area contributed by atoms with E-state index in [0.29, 0.717) is 12.8 Å². The van der Waals surface area contributed by atoms with Crippen molar-refractivity contribution in [3.05, 3.63) is 75.6 Å². The number of fused-ring (bicyclic) bond motifs is 1. The van der Waals surface area contributed by atoms with E-state index in [4.69, 9.17) is 4.74 Å². The lowest BCUT2D eigenvalue weighted by atomic mass is 9.78. The van der Waals surface area contributed by atoms with Gasteiger partial charge in [-0.05, 0) is 60.5 Å². The highest BCUT2D eigenvalue weighted by atomic mass is 16.5. The van der Waals surface area contributed by atoms with Crippen molar-refractivity contribution in [2.45, 2.75) is 32.1 Å². The Balaban J connectivity index is 1.65. The molecule has 0 amide bonds. The first-order valence-corrected chi connectivity index (χ1v) is 10.5. The van der Waals surface area contributed by atoms with Crippen molar-refractivity contribution in [3.63, 3.8) is 0 Å². The zero-order valence-corrected chi connectivity index (χ0v) is 17.6. The summed E-state index contributed by atoms with van der Waals surface area (Å²) in [6.45, 7) is 7.20. The van der Waals surface area contributed by atoms with E-state index in [2.05, 4.69) is 40.2 Å². The third kappa shape index (κ3) is 3.96. The number of benzene rings is 2. The molecule has 4 rings (SSSR count). The molecule has 0 aliphatic carbocycles. The highest BCUT2D eigenvalue weighted by Crippen LogP contribution is 2.31. The van der Waals surface area contributed by atoms with E-state index in [-0.39, 0.29) is 5.56 Å². The van der Waals surface area contributed by atoms with Crippen LogP contribution in [0.1, 0.15) is 30.5 Å². The van der Waals surface area contributed by atoms with E-state index >= 15 is 0 Å². The molecule has 1 fully saturated rings. The summed E-state index contributed by atoms with van der Waals surface area (Å²) in [4.78, 5) is 17.5. The number of nitrogens with zero attached hydrogens (tertiary/aromatic N) is 2. The number of morpholine rings is 1. The van der Waals surface area contributed by atoms with Crippen LogP contribution in [0.4, 0.5) is 5.69 Å². The number of aryl methyl sites for hydroxylation is 1. The van der Waals surface area contributed by atoms with Gasteiger partial charge in [-0.25, -0.2) is 0 Å². The third-order valence-electron chi connectivity index (χ3n) is 6.03. The molecule has 1 N–H and O–H groups in total. The van der Waals surface area contributed by atoms with Crippen LogP contribution in [-0.2, 0) is 23.0 Å². The zero-order valence-electron chi connectivity index (χ0n) is 17.6. The number of anilines is 1. The number of H-pyrrole nitrogens is 1. The first-order valence-electron chi connectivity index (χ1n) is 10.5. The number of nitriles is 1. The molecule has 1 aliphatic rings. The largest absolute Gasteiger partial charge is 0.378 e. The Labute approximate surface area is 176 Å². The fourth-order valence-corrected chi connectivity index (χ4v) is 4.15. The Kier molecular flexibility index (Phi) is 5.61. The van der Waals surface area contributed by atoms with E-state index < -0.39 is 5.41 Å². The van der Waals surface area contributed by atoms with Gasteiger partial charge in [0.25, 0.3) is 5.56 Å². The number of hydrogen-bond acceptors (Lipinski definition) is 4. The summed E-state index contributed by atoms with van der Waals surface area (Å²) >= 11 is 0. The fraction of sp³-hybridized carbons (Fsp3) is 0.360. The van der Waals surface area contributed by atoms with Gasteiger partial charge in [-0.1, -0.05) is 31.2 Å². The molecule has 5 nitrogen and oxygen atoms in total. The Bertz CT molecular complexity index is 1160. The van der Waals surface area contributed by atoms with Crippen LogP contribution in [0.3, 0.4) is 0 Å².